The van der Waals surface area contributed by atoms with Crippen LogP contribution in [0.3, 0.4) is 0 Å². The Morgan fingerprint density at radius 2 is 0.853 bits per heavy atom. The quantitative estimate of drug-likeness (QED) is 0.155. The van der Waals surface area contributed by atoms with Crippen molar-refractivity contribution in [2.45, 2.75) is 38.5 Å². The Kier molecular flexibility index (Phi) is 8.95. The molecule has 11 aromatic rings. The van der Waals surface area contributed by atoms with E-state index in [1.165, 1.54) is 105 Å². The van der Waals surface area contributed by atoms with Gasteiger partial charge in [0, 0.05) is 44.2 Å². The summed E-state index contributed by atoms with van der Waals surface area (Å²) >= 11 is 0. The van der Waals surface area contributed by atoms with E-state index in [9.17, 15) is 0 Å². The standard InChI is InChI=1S/C66H50N2/c1-65(2)59-41-46(43-18-7-5-8-19-43)32-37-51(59)52-38-36-49(42-60(52)65)67(61-28-15-12-23-53(61)56-26-17-25-55-50-22-11-14-27-58(50)66(3,4)64(55)56)48-34-30-44(31-35-48)45-33-39-63-57(40-45)54-24-13-16-29-62(54)68(63)47-20-9-6-10-21-47/h5-42H,1-4H3. The van der Waals surface area contributed by atoms with Gasteiger partial charge in [-0.2, -0.15) is 0 Å². The molecule has 0 radical (unpaired) electrons. The van der Waals surface area contributed by atoms with E-state index in [4.69, 9.17) is 0 Å². The minimum atomic E-state index is -0.209. The van der Waals surface area contributed by atoms with Crippen LogP contribution < -0.4 is 4.90 Å². The summed E-state index contributed by atoms with van der Waals surface area (Å²) in [4.78, 5) is 2.50. The van der Waals surface area contributed by atoms with Gasteiger partial charge in [0.2, 0.25) is 0 Å². The number of anilines is 3. The molecule has 10 aromatic carbocycles. The third kappa shape index (κ3) is 6.03. The van der Waals surface area contributed by atoms with E-state index in [1.807, 2.05) is 0 Å². The van der Waals surface area contributed by atoms with Crippen LogP contribution in [0.4, 0.5) is 17.1 Å². The summed E-state index contributed by atoms with van der Waals surface area (Å²) in [6.07, 6.45) is 0. The number of fused-ring (bicyclic) bond motifs is 9. The lowest BCUT2D eigenvalue weighted by atomic mass is 9.78. The molecule has 0 unspecified atom stereocenters. The van der Waals surface area contributed by atoms with Gasteiger partial charge in [-0.3, -0.25) is 0 Å². The van der Waals surface area contributed by atoms with Gasteiger partial charge in [-0.05, 0) is 139 Å². The van der Waals surface area contributed by atoms with Gasteiger partial charge < -0.3 is 9.47 Å². The average molecular weight is 871 g/mol. The summed E-state index contributed by atoms with van der Waals surface area (Å²) < 4.78 is 2.38. The molecule has 2 nitrogen and oxygen atoms in total. The number of hydrogen-bond acceptors (Lipinski definition) is 1. The Hall–Kier alpha value is -8.20. The first-order valence-corrected chi connectivity index (χ1v) is 23.9. The van der Waals surface area contributed by atoms with Gasteiger partial charge in [0.15, 0.2) is 0 Å². The van der Waals surface area contributed by atoms with Crippen molar-refractivity contribution < 1.29 is 0 Å². The van der Waals surface area contributed by atoms with Crippen LogP contribution in [0, 0.1) is 0 Å². The first-order chi connectivity index (χ1) is 33.3. The number of nitrogens with zero attached hydrogens (tertiary/aromatic N) is 2. The lowest BCUT2D eigenvalue weighted by Gasteiger charge is -2.31. The fourth-order valence-corrected chi connectivity index (χ4v) is 11.9. The maximum absolute atomic E-state index is 2.50. The van der Waals surface area contributed by atoms with Crippen molar-refractivity contribution >= 4 is 38.9 Å². The first kappa shape index (κ1) is 40.1. The monoisotopic (exact) mass is 870 g/mol. The average Bonchev–Trinajstić information content (AvgIpc) is 3.93. The summed E-state index contributed by atoms with van der Waals surface area (Å²) in [5.41, 5.74) is 24.7. The molecule has 0 N–H and O–H groups in total. The second-order valence-corrected chi connectivity index (χ2v) is 19.7. The van der Waals surface area contributed by atoms with Crippen LogP contribution >= 0.6 is 0 Å². The molecule has 2 aliphatic rings. The van der Waals surface area contributed by atoms with E-state index in [0.717, 1.165) is 17.1 Å². The number of aromatic nitrogens is 1. The third-order valence-electron chi connectivity index (χ3n) is 15.2. The van der Waals surface area contributed by atoms with Gasteiger partial charge in [0.1, 0.15) is 0 Å². The Bertz CT molecular complexity index is 3780. The van der Waals surface area contributed by atoms with Gasteiger partial charge in [0.25, 0.3) is 0 Å². The topological polar surface area (TPSA) is 8.17 Å². The van der Waals surface area contributed by atoms with Gasteiger partial charge in [-0.15, -0.1) is 0 Å². The molecular formula is C66H50N2. The minimum Gasteiger partial charge on any atom is -0.310 e. The summed E-state index contributed by atoms with van der Waals surface area (Å²) in [6, 6.07) is 85.5. The molecule has 0 aliphatic heterocycles. The fourth-order valence-electron chi connectivity index (χ4n) is 11.9. The highest BCUT2D eigenvalue weighted by Gasteiger charge is 2.39. The van der Waals surface area contributed by atoms with E-state index >= 15 is 0 Å². The summed E-state index contributed by atoms with van der Waals surface area (Å²) in [5.74, 6) is 0. The SMILES string of the molecule is CC1(C)c2cc(-c3ccccc3)ccc2-c2ccc(N(c3ccc(-c4ccc5c(c4)c4ccccc4n5-c4ccccc4)cc3)c3ccccc3-c3cccc4c3C(C)(C)c3ccccc3-4)cc21. The molecular weight excluding hydrogens is 821 g/mol. The van der Waals surface area contributed by atoms with Crippen LogP contribution in [-0.2, 0) is 10.8 Å². The Labute approximate surface area is 399 Å². The van der Waals surface area contributed by atoms with Crippen molar-refractivity contribution in [2.24, 2.45) is 0 Å². The van der Waals surface area contributed by atoms with E-state index < -0.39 is 0 Å². The second-order valence-electron chi connectivity index (χ2n) is 19.7. The van der Waals surface area contributed by atoms with Gasteiger partial charge in [0.05, 0.1) is 16.7 Å². The molecule has 1 heterocycles. The minimum absolute atomic E-state index is 0.168. The van der Waals surface area contributed by atoms with E-state index in [2.05, 4.69) is 268 Å². The predicted molar refractivity (Wildman–Crippen MR) is 287 cm³/mol. The smallest absolute Gasteiger partial charge is 0.0541 e. The number of rotatable bonds is 7. The summed E-state index contributed by atoms with van der Waals surface area (Å²) in [5, 5.41) is 2.50. The number of benzene rings is 10. The molecule has 0 saturated carbocycles. The van der Waals surface area contributed by atoms with Crippen LogP contribution in [0.5, 0.6) is 0 Å². The summed E-state index contributed by atoms with van der Waals surface area (Å²) in [7, 11) is 0. The van der Waals surface area contributed by atoms with E-state index in [-0.39, 0.29) is 10.8 Å². The largest absolute Gasteiger partial charge is 0.310 e. The van der Waals surface area contributed by atoms with Crippen molar-refractivity contribution in [3.63, 3.8) is 0 Å². The van der Waals surface area contributed by atoms with E-state index in [0.29, 0.717) is 0 Å². The fraction of sp³-hybridized carbons (Fsp3) is 0.0909. The van der Waals surface area contributed by atoms with Crippen molar-refractivity contribution in [3.8, 4) is 61.3 Å². The molecule has 0 spiro atoms. The molecule has 2 heteroatoms. The zero-order valence-electron chi connectivity index (χ0n) is 38.8. The van der Waals surface area contributed by atoms with Crippen LogP contribution in [0.2, 0.25) is 0 Å². The molecule has 13 rings (SSSR count). The maximum Gasteiger partial charge on any atom is 0.0541 e. The molecule has 0 bridgehead atoms. The highest BCUT2D eigenvalue weighted by molar-refractivity contribution is 6.10. The van der Waals surface area contributed by atoms with Crippen LogP contribution in [0.25, 0.3) is 83.1 Å². The molecule has 0 saturated heterocycles. The van der Waals surface area contributed by atoms with Crippen molar-refractivity contribution in [2.75, 3.05) is 4.90 Å². The summed E-state index contributed by atoms with van der Waals surface area (Å²) in [6.45, 7) is 9.57. The van der Waals surface area contributed by atoms with Crippen LogP contribution in [0.1, 0.15) is 49.9 Å². The zero-order valence-corrected chi connectivity index (χ0v) is 38.8. The lowest BCUT2D eigenvalue weighted by molar-refractivity contribution is 0.660. The first-order valence-electron chi connectivity index (χ1n) is 23.9. The highest BCUT2D eigenvalue weighted by atomic mass is 15.1. The van der Waals surface area contributed by atoms with Crippen LogP contribution in [0.15, 0.2) is 231 Å². The molecule has 0 amide bonds. The molecule has 2 aliphatic carbocycles. The molecule has 324 valence electrons. The van der Waals surface area contributed by atoms with Crippen molar-refractivity contribution in [1.82, 2.24) is 4.57 Å². The Balaban J connectivity index is 0.965. The van der Waals surface area contributed by atoms with Crippen molar-refractivity contribution in [1.29, 1.82) is 0 Å². The Morgan fingerprint density at radius 1 is 0.324 bits per heavy atom. The maximum atomic E-state index is 2.50. The molecule has 68 heavy (non-hydrogen) atoms. The molecule has 0 fully saturated rings. The third-order valence-corrected chi connectivity index (χ3v) is 15.2. The number of hydrogen-bond donors (Lipinski definition) is 0. The van der Waals surface area contributed by atoms with Crippen molar-refractivity contribution in [3.05, 3.63) is 253 Å². The molecule has 1 aromatic heterocycles. The van der Waals surface area contributed by atoms with Gasteiger partial charge in [-0.1, -0.05) is 191 Å². The zero-order chi connectivity index (χ0) is 45.7. The molecule has 0 atom stereocenters. The number of para-hydroxylation sites is 3. The van der Waals surface area contributed by atoms with Crippen LogP contribution in [-0.4, -0.2) is 4.57 Å². The lowest BCUT2D eigenvalue weighted by Crippen LogP contribution is -2.18. The Morgan fingerprint density at radius 3 is 1.65 bits per heavy atom. The van der Waals surface area contributed by atoms with E-state index in [1.54, 1.807) is 0 Å². The van der Waals surface area contributed by atoms with Gasteiger partial charge in [-0.25, -0.2) is 0 Å². The van der Waals surface area contributed by atoms with Gasteiger partial charge >= 0.3 is 0 Å². The normalized spacial score (nSPS) is 13.8. The predicted octanol–water partition coefficient (Wildman–Crippen LogP) is 17.9. The second kappa shape index (κ2) is 15.2. The highest BCUT2D eigenvalue weighted by Crippen LogP contribution is 2.55.